The number of methoxy groups -OCH3 is 2. The number of hydrogen-bond donors (Lipinski definition) is 0. The molecule has 1 aliphatic heterocycles. The molecule has 3 rings (SSSR count). The Morgan fingerprint density at radius 1 is 1.18 bits per heavy atom. The summed E-state index contributed by atoms with van der Waals surface area (Å²) in [5.41, 5.74) is 2.73. The number of aromatic nitrogens is 1. The molecule has 0 radical (unpaired) electrons. The lowest BCUT2D eigenvalue weighted by Gasteiger charge is -2.41. The average molecular weight is 458 g/mol. The molecule has 8 heteroatoms. The van der Waals surface area contributed by atoms with Crippen molar-refractivity contribution in [3.05, 3.63) is 47.4 Å². The Morgan fingerprint density at radius 2 is 1.88 bits per heavy atom. The molecule has 178 valence electrons. The van der Waals surface area contributed by atoms with Gasteiger partial charge in [-0.15, -0.1) is 0 Å². The predicted molar refractivity (Wildman–Crippen MR) is 125 cm³/mol. The molecule has 7 nitrogen and oxygen atoms in total. The van der Waals surface area contributed by atoms with E-state index in [1.165, 1.54) is 19.2 Å². The molecular formula is C25H32FN3O4. The highest BCUT2D eigenvalue weighted by Gasteiger charge is 2.31. The number of piperazine rings is 1. The average Bonchev–Trinajstić information content (AvgIpc) is 2.81. The first-order valence-electron chi connectivity index (χ1n) is 11.2. The number of carbonyl (C=O) groups excluding carboxylic acids is 2. The lowest BCUT2D eigenvalue weighted by Crippen LogP contribution is -2.54. The molecule has 33 heavy (non-hydrogen) atoms. The molecule has 0 spiro atoms. The van der Waals surface area contributed by atoms with Crippen LogP contribution in [-0.2, 0) is 14.3 Å². The minimum atomic E-state index is -0.484. The van der Waals surface area contributed by atoms with Crippen LogP contribution < -0.4 is 4.90 Å². The third kappa shape index (κ3) is 5.50. The molecule has 2 heterocycles. The molecule has 0 unspecified atom stereocenters. The Kier molecular flexibility index (Phi) is 8.02. The molecule has 0 aliphatic carbocycles. The molecule has 1 saturated heterocycles. The third-order valence-corrected chi connectivity index (χ3v) is 5.91. The summed E-state index contributed by atoms with van der Waals surface area (Å²) in [4.78, 5) is 34.1. The minimum Gasteiger partial charge on any atom is -0.465 e. The highest BCUT2D eigenvalue weighted by Crippen LogP contribution is 2.34. The smallest absolute Gasteiger partial charge is 0.341 e. The van der Waals surface area contributed by atoms with Gasteiger partial charge in [0.25, 0.3) is 0 Å². The Hall–Kier alpha value is -3.00. The highest BCUT2D eigenvalue weighted by atomic mass is 19.1. The van der Waals surface area contributed by atoms with Gasteiger partial charge in [-0.1, -0.05) is 26.0 Å². The van der Waals surface area contributed by atoms with Crippen LogP contribution in [0, 0.1) is 5.82 Å². The van der Waals surface area contributed by atoms with Crippen molar-refractivity contribution < 1.29 is 23.5 Å². The number of esters is 1. The Balaban J connectivity index is 1.99. The maximum atomic E-state index is 13.5. The second kappa shape index (κ2) is 10.7. The Morgan fingerprint density at radius 3 is 2.45 bits per heavy atom. The van der Waals surface area contributed by atoms with E-state index < -0.39 is 5.97 Å². The summed E-state index contributed by atoms with van der Waals surface area (Å²) in [6, 6.07) is 7.91. The van der Waals surface area contributed by atoms with Crippen molar-refractivity contribution in [2.24, 2.45) is 0 Å². The van der Waals surface area contributed by atoms with Crippen molar-refractivity contribution in [2.45, 2.75) is 39.2 Å². The van der Waals surface area contributed by atoms with Gasteiger partial charge in [0.1, 0.15) is 17.2 Å². The number of carbonyl (C=O) groups is 2. The molecule has 1 fully saturated rings. The van der Waals surface area contributed by atoms with Gasteiger partial charge in [-0.25, -0.2) is 14.2 Å². The van der Waals surface area contributed by atoms with Gasteiger partial charge in [-0.3, -0.25) is 4.79 Å². The van der Waals surface area contributed by atoms with Gasteiger partial charge in [0.2, 0.25) is 5.91 Å². The predicted octanol–water partition coefficient (Wildman–Crippen LogP) is 3.87. The standard InChI is InChI=1S/C25H32FN3O4/c1-16(2)23-20(18-6-8-19(26)9-7-18)14-21(25(31)33-5)24(27-23)28-11-12-29(17(3)15-28)22(30)10-13-32-4/h6-9,14,16-17H,10-13,15H2,1-5H3/t17-/m1/s1. The van der Waals surface area contributed by atoms with Crippen LogP contribution in [0.1, 0.15) is 49.2 Å². The molecule has 1 aliphatic rings. The van der Waals surface area contributed by atoms with Gasteiger partial charge in [0, 0.05) is 38.3 Å². The third-order valence-electron chi connectivity index (χ3n) is 5.91. The summed E-state index contributed by atoms with van der Waals surface area (Å²) in [5.74, 6) is -0.131. The maximum Gasteiger partial charge on any atom is 0.341 e. The maximum absolute atomic E-state index is 13.5. The highest BCUT2D eigenvalue weighted by molar-refractivity contribution is 5.96. The van der Waals surface area contributed by atoms with Crippen molar-refractivity contribution in [1.82, 2.24) is 9.88 Å². The van der Waals surface area contributed by atoms with E-state index in [1.54, 1.807) is 25.3 Å². The molecule has 0 saturated carbocycles. The number of rotatable bonds is 7. The lowest BCUT2D eigenvalue weighted by molar-refractivity contribution is -0.134. The van der Waals surface area contributed by atoms with Crippen LogP contribution >= 0.6 is 0 Å². The van der Waals surface area contributed by atoms with E-state index in [0.717, 1.165) is 16.8 Å². The number of anilines is 1. The number of amides is 1. The minimum absolute atomic E-state index is 0.0466. The zero-order valence-corrected chi connectivity index (χ0v) is 19.9. The van der Waals surface area contributed by atoms with Crippen LogP contribution in [0.2, 0.25) is 0 Å². The van der Waals surface area contributed by atoms with Gasteiger partial charge in [-0.2, -0.15) is 0 Å². The number of ether oxygens (including phenoxy) is 2. The van der Waals surface area contributed by atoms with Crippen molar-refractivity contribution in [2.75, 3.05) is 45.4 Å². The number of halogens is 1. The van der Waals surface area contributed by atoms with E-state index >= 15 is 0 Å². The van der Waals surface area contributed by atoms with Crippen molar-refractivity contribution >= 4 is 17.7 Å². The quantitative estimate of drug-likeness (QED) is 0.588. The van der Waals surface area contributed by atoms with E-state index in [2.05, 4.69) is 0 Å². The molecular weight excluding hydrogens is 425 g/mol. The van der Waals surface area contributed by atoms with E-state index in [-0.39, 0.29) is 23.7 Å². The van der Waals surface area contributed by atoms with Crippen LogP contribution in [-0.4, -0.2) is 68.3 Å². The summed E-state index contributed by atoms with van der Waals surface area (Å²) < 4.78 is 23.6. The molecule has 1 aromatic carbocycles. The van der Waals surface area contributed by atoms with Crippen LogP contribution in [0.5, 0.6) is 0 Å². The zero-order valence-electron chi connectivity index (χ0n) is 19.9. The summed E-state index contributed by atoms with van der Waals surface area (Å²) in [6.07, 6.45) is 0.344. The summed E-state index contributed by atoms with van der Waals surface area (Å²) in [5, 5.41) is 0. The molecule has 1 aromatic heterocycles. The Bertz CT molecular complexity index is 994. The van der Waals surface area contributed by atoms with E-state index in [1.807, 2.05) is 30.6 Å². The van der Waals surface area contributed by atoms with Crippen LogP contribution in [0.25, 0.3) is 11.1 Å². The summed E-state index contributed by atoms with van der Waals surface area (Å²) >= 11 is 0. The molecule has 0 N–H and O–H groups in total. The lowest BCUT2D eigenvalue weighted by atomic mass is 9.95. The molecule has 0 bridgehead atoms. The van der Waals surface area contributed by atoms with Crippen molar-refractivity contribution in [3.8, 4) is 11.1 Å². The van der Waals surface area contributed by atoms with Gasteiger partial charge >= 0.3 is 5.97 Å². The second-order valence-electron chi connectivity index (χ2n) is 8.57. The fourth-order valence-corrected chi connectivity index (χ4v) is 4.17. The first-order valence-corrected chi connectivity index (χ1v) is 11.2. The van der Waals surface area contributed by atoms with Crippen molar-refractivity contribution in [3.63, 3.8) is 0 Å². The van der Waals surface area contributed by atoms with Crippen LogP contribution in [0.15, 0.2) is 30.3 Å². The van der Waals surface area contributed by atoms with E-state index in [0.29, 0.717) is 44.0 Å². The van der Waals surface area contributed by atoms with Gasteiger partial charge < -0.3 is 19.3 Å². The van der Waals surface area contributed by atoms with Gasteiger partial charge in [0.05, 0.1) is 25.8 Å². The molecule has 1 amide bonds. The first kappa shape index (κ1) is 24.6. The fraction of sp³-hybridized carbons (Fsp3) is 0.480. The topological polar surface area (TPSA) is 72.0 Å². The van der Waals surface area contributed by atoms with Crippen molar-refractivity contribution in [1.29, 1.82) is 0 Å². The zero-order chi connectivity index (χ0) is 24.1. The second-order valence-corrected chi connectivity index (χ2v) is 8.57. The largest absolute Gasteiger partial charge is 0.465 e. The van der Waals surface area contributed by atoms with E-state index in [9.17, 15) is 14.0 Å². The van der Waals surface area contributed by atoms with E-state index in [4.69, 9.17) is 14.5 Å². The normalized spacial score (nSPS) is 16.3. The number of hydrogen-bond acceptors (Lipinski definition) is 6. The summed E-state index contributed by atoms with van der Waals surface area (Å²) in [6.45, 7) is 8.07. The monoisotopic (exact) mass is 457 g/mol. The molecule has 2 aromatic rings. The van der Waals surface area contributed by atoms with Crippen LogP contribution in [0.3, 0.4) is 0 Å². The van der Waals surface area contributed by atoms with Gasteiger partial charge in [-0.05, 0) is 36.6 Å². The SMILES string of the molecule is COCCC(=O)N1CCN(c2nc(C(C)C)c(-c3ccc(F)cc3)cc2C(=O)OC)C[C@H]1C. The fourth-order valence-electron chi connectivity index (χ4n) is 4.17. The number of benzene rings is 1. The summed E-state index contributed by atoms with van der Waals surface area (Å²) in [7, 11) is 2.92. The first-order chi connectivity index (χ1) is 15.8. The van der Waals surface area contributed by atoms with Gasteiger partial charge in [0.15, 0.2) is 0 Å². The Labute approximate surface area is 194 Å². The van der Waals surface area contributed by atoms with Crippen LogP contribution in [0.4, 0.5) is 10.2 Å². The molecule has 1 atom stereocenters. The number of pyridine rings is 1. The number of nitrogens with zero attached hydrogens (tertiary/aromatic N) is 3.